The molecule has 0 fully saturated rings. The van der Waals surface area contributed by atoms with Gasteiger partial charge in [0.1, 0.15) is 6.54 Å². The molecule has 2 aromatic carbocycles. The smallest absolute Gasteiger partial charge is 0.264 e. The Morgan fingerprint density at radius 1 is 1.19 bits per heavy atom. The lowest BCUT2D eigenvalue weighted by Gasteiger charge is -2.24. The maximum Gasteiger partial charge on any atom is 0.264 e. The molecule has 0 unspecified atom stereocenters. The molecule has 2 aromatic rings. The van der Waals surface area contributed by atoms with Crippen molar-refractivity contribution in [3.63, 3.8) is 0 Å². The molecule has 0 saturated heterocycles. The lowest BCUT2D eigenvalue weighted by Crippen LogP contribution is -2.41. The molecule has 0 saturated carbocycles. The predicted octanol–water partition coefficient (Wildman–Crippen LogP) is 3.00. The zero-order valence-corrected chi connectivity index (χ0v) is 16.9. The highest BCUT2D eigenvalue weighted by Crippen LogP contribution is 2.26. The van der Waals surface area contributed by atoms with Gasteiger partial charge in [0.25, 0.3) is 10.0 Å². The summed E-state index contributed by atoms with van der Waals surface area (Å²) in [7, 11) is -2.35. The summed E-state index contributed by atoms with van der Waals surface area (Å²) in [5.74, 6) is -0.401. The number of hydrogen-bond acceptors (Lipinski definition) is 4. The van der Waals surface area contributed by atoms with Crippen LogP contribution in [0.5, 0.6) is 0 Å². The number of carbonyl (C=O) groups excluding carboxylic acids is 1. The van der Waals surface area contributed by atoms with Crippen LogP contribution in [0.25, 0.3) is 0 Å². The molecule has 0 aliphatic heterocycles. The van der Waals surface area contributed by atoms with Gasteiger partial charge < -0.3 is 10.1 Å². The molecule has 1 N–H and O–H groups in total. The van der Waals surface area contributed by atoms with Crippen LogP contribution in [0.2, 0.25) is 5.02 Å². The van der Waals surface area contributed by atoms with Gasteiger partial charge in [0.15, 0.2) is 0 Å². The van der Waals surface area contributed by atoms with Crippen LogP contribution in [-0.4, -0.2) is 41.1 Å². The molecule has 0 aliphatic carbocycles. The molecule has 27 heavy (non-hydrogen) atoms. The van der Waals surface area contributed by atoms with Gasteiger partial charge in [0.05, 0.1) is 10.6 Å². The number of sulfonamides is 1. The number of halogens is 1. The second-order valence-electron chi connectivity index (χ2n) is 6.00. The summed E-state index contributed by atoms with van der Waals surface area (Å²) < 4.78 is 32.3. The number of nitrogens with one attached hydrogen (secondary N) is 1. The fourth-order valence-electron chi connectivity index (χ4n) is 2.41. The molecule has 0 aromatic heterocycles. The zero-order valence-electron chi connectivity index (χ0n) is 15.3. The Morgan fingerprint density at radius 2 is 1.89 bits per heavy atom. The molecule has 8 heteroatoms. The summed E-state index contributed by atoms with van der Waals surface area (Å²) in [5.41, 5.74) is 1.27. The summed E-state index contributed by atoms with van der Waals surface area (Å²) in [4.78, 5) is 12.4. The van der Waals surface area contributed by atoms with Crippen molar-refractivity contribution in [3.05, 3.63) is 59.1 Å². The number of amides is 1. The number of benzene rings is 2. The molecule has 0 atom stereocenters. The largest absolute Gasteiger partial charge is 0.385 e. The number of aryl methyl sites for hydroxylation is 1. The van der Waals surface area contributed by atoms with Gasteiger partial charge in [-0.15, -0.1) is 0 Å². The lowest BCUT2D eigenvalue weighted by molar-refractivity contribution is -0.119. The van der Waals surface area contributed by atoms with E-state index in [4.69, 9.17) is 16.3 Å². The van der Waals surface area contributed by atoms with Gasteiger partial charge in [-0.2, -0.15) is 0 Å². The number of nitrogens with zero attached hydrogens (tertiary/aromatic N) is 1. The Balaban J connectivity index is 2.29. The first-order chi connectivity index (χ1) is 12.8. The second-order valence-corrected chi connectivity index (χ2v) is 8.30. The van der Waals surface area contributed by atoms with Gasteiger partial charge in [-0.1, -0.05) is 35.4 Å². The second kappa shape index (κ2) is 9.73. The summed E-state index contributed by atoms with van der Waals surface area (Å²) in [6.45, 7) is 2.45. The monoisotopic (exact) mass is 410 g/mol. The number of hydrogen-bond donors (Lipinski definition) is 1. The van der Waals surface area contributed by atoms with Gasteiger partial charge in [0, 0.05) is 25.3 Å². The van der Waals surface area contributed by atoms with Crippen LogP contribution < -0.4 is 9.62 Å². The molecule has 2 rings (SSSR count). The van der Waals surface area contributed by atoms with Crippen LogP contribution >= 0.6 is 11.6 Å². The van der Waals surface area contributed by atoms with E-state index < -0.39 is 15.9 Å². The van der Waals surface area contributed by atoms with Crippen molar-refractivity contribution in [2.24, 2.45) is 0 Å². The van der Waals surface area contributed by atoms with Gasteiger partial charge in [-0.05, 0) is 43.7 Å². The van der Waals surface area contributed by atoms with Gasteiger partial charge in [-0.25, -0.2) is 8.42 Å². The van der Waals surface area contributed by atoms with Gasteiger partial charge in [-0.3, -0.25) is 9.10 Å². The Bertz CT molecular complexity index is 870. The van der Waals surface area contributed by atoms with E-state index in [1.54, 1.807) is 37.4 Å². The van der Waals surface area contributed by atoms with Crippen LogP contribution in [0.1, 0.15) is 12.0 Å². The number of anilines is 1. The minimum absolute atomic E-state index is 0.111. The lowest BCUT2D eigenvalue weighted by atomic mass is 10.2. The Labute approximate surface area is 165 Å². The van der Waals surface area contributed by atoms with E-state index in [2.05, 4.69) is 5.32 Å². The maximum atomic E-state index is 13.2. The van der Waals surface area contributed by atoms with E-state index in [0.29, 0.717) is 30.3 Å². The Kier molecular flexibility index (Phi) is 7.65. The quantitative estimate of drug-likeness (QED) is 0.645. The number of ether oxygens (including phenoxy) is 1. The zero-order chi connectivity index (χ0) is 19.9. The van der Waals surface area contributed by atoms with Crippen molar-refractivity contribution in [2.75, 3.05) is 31.1 Å². The standard InChI is InChI=1S/C19H23ClN2O4S/c1-15-7-9-18(10-8-15)27(24,25)22(17-6-3-5-16(20)13-17)14-19(23)21-11-4-12-26-2/h3,5-10,13H,4,11-12,14H2,1-2H3,(H,21,23). The highest BCUT2D eigenvalue weighted by Gasteiger charge is 2.27. The third kappa shape index (κ3) is 5.95. The van der Waals surface area contributed by atoms with Crippen LogP contribution in [-0.2, 0) is 19.6 Å². The topological polar surface area (TPSA) is 75.7 Å². The van der Waals surface area contributed by atoms with Crippen molar-refractivity contribution in [3.8, 4) is 0 Å². The first kappa shape index (κ1) is 21.2. The Hall–Kier alpha value is -2.09. The van der Waals surface area contributed by atoms with Crippen LogP contribution in [0.15, 0.2) is 53.4 Å². The number of methoxy groups -OCH3 is 1. The molecule has 6 nitrogen and oxygen atoms in total. The summed E-state index contributed by atoms with van der Waals surface area (Å²) in [5, 5.41) is 3.09. The molecule has 0 bridgehead atoms. The van der Waals surface area contributed by atoms with Crippen molar-refractivity contribution >= 4 is 33.2 Å². The maximum absolute atomic E-state index is 13.2. The molecule has 1 amide bonds. The summed E-state index contributed by atoms with van der Waals surface area (Å²) in [6, 6.07) is 12.9. The third-order valence-corrected chi connectivity index (χ3v) is 5.86. The van der Waals surface area contributed by atoms with E-state index in [0.717, 1.165) is 9.87 Å². The molecule has 0 spiro atoms. The van der Waals surface area contributed by atoms with Gasteiger partial charge >= 0.3 is 0 Å². The molecular formula is C19H23ClN2O4S. The van der Waals surface area contributed by atoms with E-state index in [-0.39, 0.29) is 11.4 Å². The average molecular weight is 411 g/mol. The fourth-order valence-corrected chi connectivity index (χ4v) is 4.01. The van der Waals surface area contributed by atoms with Crippen molar-refractivity contribution in [1.29, 1.82) is 0 Å². The van der Waals surface area contributed by atoms with E-state index in [9.17, 15) is 13.2 Å². The van der Waals surface area contributed by atoms with Crippen molar-refractivity contribution in [2.45, 2.75) is 18.2 Å². The SMILES string of the molecule is COCCCNC(=O)CN(c1cccc(Cl)c1)S(=O)(=O)c1ccc(C)cc1. The summed E-state index contributed by atoms with van der Waals surface area (Å²) >= 11 is 6.02. The highest BCUT2D eigenvalue weighted by molar-refractivity contribution is 7.92. The molecule has 0 aliphatic rings. The molecule has 0 radical (unpaired) electrons. The summed E-state index contributed by atoms with van der Waals surface area (Å²) in [6.07, 6.45) is 0.643. The third-order valence-electron chi connectivity index (χ3n) is 3.84. The van der Waals surface area contributed by atoms with E-state index >= 15 is 0 Å². The Morgan fingerprint density at radius 3 is 2.52 bits per heavy atom. The minimum atomic E-state index is -3.93. The molecule has 146 valence electrons. The van der Waals surface area contributed by atoms with Crippen molar-refractivity contribution < 1.29 is 17.9 Å². The van der Waals surface area contributed by atoms with Crippen LogP contribution in [0.4, 0.5) is 5.69 Å². The molecule has 0 heterocycles. The predicted molar refractivity (Wildman–Crippen MR) is 107 cm³/mol. The minimum Gasteiger partial charge on any atom is -0.385 e. The van der Waals surface area contributed by atoms with Crippen molar-refractivity contribution in [1.82, 2.24) is 5.32 Å². The normalized spacial score (nSPS) is 11.2. The van der Waals surface area contributed by atoms with Gasteiger partial charge in [0.2, 0.25) is 5.91 Å². The molecular weight excluding hydrogens is 388 g/mol. The van der Waals surface area contributed by atoms with E-state index in [1.807, 2.05) is 6.92 Å². The number of rotatable bonds is 9. The highest BCUT2D eigenvalue weighted by atomic mass is 35.5. The van der Waals surface area contributed by atoms with Crippen LogP contribution in [0, 0.1) is 6.92 Å². The fraction of sp³-hybridized carbons (Fsp3) is 0.316. The average Bonchev–Trinajstić information content (AvgIpc) is 2.63. The first-order valence-electron chi connectivity index (χ1n) is 8.45. The number of carbonyl (C=O) groups is 1. The first-order valence-corrected chi connectivity index (χ1v) is 10.3. The van der Waals surface area contributed by atoms with E-state index in [1.165, 1.54) is 18.2 Å². The van der Waals surface area contributed by atoms with Crippen LogP contribution in [0.3, 0.4) is 0 Å².